The zero-order valence-corrected chi connectivity index (χ0v) is 17.6. The van der Waals surface area contributed by atoms with Crippen LogP contribution in [0.4, 0.5) is 13.2 Å². The number of alkyl halides is 3. The van der Waals surface area contributed by atoms with Gasteiger partial charge in [0, 0.05) is 12.2 Å². The highest BCUT2D eigenvalue weighted by Gasteiger charge is 2.55. The quantitative estimate of drug-likeness (QED) is 0.681. The number of hydrogen-bond acceptors (Lipinski definition) is 4. The highest BCUT2D eigenvalue weighted by atomic mass is 19.4. The number of halogens is 3. The molecule has 2 fully saturated rings. The first-order chi connectivity index (χ1) is 14.0. The van der Waals surface area contributed by atoms with E-state index in [4.69, 9.17) is 14.0 Å². The summed E-state index contributed by atoms with van der Waals surface area (Å²) in [6, 6.07) is 8.47. The SMILES string of the molecule is CC1(C)OB(c2c(-c3ccccc3)c(C(F)(F)F)nn2C2CCCCO2)OC1(C)C. The van der Waals surface area contributed by atoms with Crippen LogP contribution in [-0.4, -0.2) is 34.7 Å². The lowest BCUT2D eigenvalue weighted by molar-refractivity contribution is -0.141. The molecule has 1 aromatic carbocycles. The minimum Gasteiger partial charge on any atom is -0.398 e. The fourth-order valence-electron chi connectivity index (χ4n) is 3.85. The molecule has 4 rings (SSSR count). The van der Waals surface area contributed by atoms with Crippen molar-refractivity contribution in [1.29, 1.82) is 0 Å². The van der Waals surface area contributed by atoms with E-state index in [-0.39, 0.29) is 11.2 Å². The maximum absolute atomic E-state index is 14.1. The molecular formula is C21H26BF3N2O3. The lowest BCUT2D eigenvalue weighted by Gasteiger charge is -2.32. The van der Waals surface area contributed by atoms with Gasteiger partial charge in [0.2, 0.25) is 0 Å². The van der Waals surface area contributed by atoms with Gasteiger partial charge < -0.3 is 14.0 Å². The van der Waals surface area contributed by atoms with E-state index in [9.17, 15) is 13.2 Å². The molecule has 2 saturated heterocycles. The zero-order chi connectivity index (χ0) is 21.7. The molecular weight excluding hydrogens is 396 g/mol. The van der Waals surface area contributed by atoms with Crippen LogP contribution in [0, 0.1) is 0 Å². The Morgan fingerprint density at radius 1 is 1.03 bits per heavy atom. The van der Waals surface area contributed by atoms with Crippen molar-refractivity contribution in [2.45, 2.75) is 70.6 Å². The molecule has 162 valence electrons. The Morgan fingerprint density at radius 3 is 2.20 bits per heavy atom. The summed E-state index contributed by atoms with van der Waals surface area (Å²) >= 11 is 0. The van der Waals surface area contributed by atoms with Crippen LogP contribution in [0.1, 0.15) is 58.9 Å². The Kier molecular flexibility index (Phi) is 5.27. The summed E-state index contributed by atoms with van der Waals surface area (Å²) in [5.41, 5.74) is -1.71. The topological polar surface area (TPSA) is 45.5 Å². The summed E-state index contributed by atoms with van der Waals surface area (Å²) in [6.07, 6.45) is -2.91. The molecule has 0 N–H and O–H groups in total. The molecule has 0 amide bonds. The van der Waals surface area contributed by atoms with Crippen molar-refractivity contribution in [2.75, 3.05) is 6.61 Å². The second-order valence-electron chi connectivity index (χ2n) is 8.83. The Labute approximate surface area is 174 Å². The summed E-state index contributed by atoms with van der Waals surface area (Å²) in [6.45, 7) is 7.97. The average molecular weight is 422 g/mol. The van der Waals surface area contributed by atoms with Gasteiger partial charge in [0.1, 0.15) is 6.23 Å². The van der Waals surface area contributed by atoms with Gasteiger partial charge in [0.15, 0.2) is 5.69 Å². The van der Waals surface area contributed by atoms with Crippen LogP contribution in [-0.2, 0) is 20.2 Å². The van der Waals surface area contributed by atoms with E-state index in [0.717, 1.165) is 12.8 Å². The van der Waals surface area contributed by atoms with Gasteiger partial charge in [-0.15, -0.1) is 0 Å². The minimum absolute atomic E-state index is 0.0178. The monoisotopic (exact) mass is 422 g/mol. The molecule has 2 aromatic rings. The lowest BCUT2D eigenvalue weighted by atomic mass is 9.78. The molecule has 2 aliphatic rings. The summed E-state index contributed by atoms with van der Waals surface area (Å²) in [7, 11) is -1.00. The largest absolute Gasteiger partial charge is 0.514 e. The van der Waals surface area contributed by atoms with Gasteiger partial charge in [-0.05, 0) is 52.5 Å². The van der Waals surface area contributed by atoms with Gasteiger partial charge >= 0.3 is 13.3 Å². The molecule has 0 radical (unpaired) electrons. The van der Waals surface area contributed by atoms with Crippen LogP contribution >= 0.6 is 0 Å². The fraction of sp³-hybridized carbons (Fsp3) is 0.571. The van der Waals surface area contributed by atoms with Crippen molar-refractivity contribution in [3.63, 3.8) is 0 Å². The molecule has 1 atom stereocenters. The first-order valence-corrected chi connectivity index (χ1v) is 10.2. The molecule has 0 spiro atoms. The van der Waals surface area contributed by atoms with E-state index in [1.54, 1.807) is 30.3 Å². The molecule has 3 heterocycles. The Morgan fingerprint density at radius 2 is 1.67 bits per heavy atom. The third-order valence-corrected chi connectivity index (χ3v) is 6.18. The van der Waals surface area contributed by atoms with Gasteiger partial charge in [-0.1, -0.05) is 30.3 Å². The van der Waals surface area contributed by atoms with Gasteiger partial charge in [0.25, 0.3) is 0 Å². The van der Waals surface area contributed by atoms with Gasteiger partial charge in [-0.2, -0.15) is 18.3 Å². The summed E-state index contributed by atoms with van der Waals surface area (Å²) < 4.78 is 61.7. The molecule has 2 aliphatic heterocycles. The van der Waals surface area contributed by atoms with Crippen LogP contribution in [0.25, 0.3) is 11.1 Å². The fourth-order valence-corrected chi connectivity index (χ4v) is 3.85. The van der Waals surface area contributed by atoms with E-state index in [1.807, 2.05) is 27.7 Å². The van der Waals surface area contributed by atoms with Gasteiger partial charge in [-0.3, -0.25) is 0 Å². The normalized spacial score (nSPS) is 23.7. The minimum atomic E-state index is -4.64. The van der Waals surface area contributed by atoms with Crippen LogP contribution in [0.5, 0.6) is 0 Å². The van der Waals surface area contributed by atoms with Crippen molar-refractivity contribution in [1.82, 2.24) is 9.78 Å². The molecule has 30 heavy (non-hydrogen) atoms. The van der Waals surface area contributed by atoms with Crippen molar-refractivity contribution >= 4 is 12.7 Å². The molecule has 0 saturated carbocycles. The first-order valence-electron chi connectivity index (χ1n) is 10.2. The number of ether oxygens (including phenoxy) is 1. The first kappa shape index (κ1) is 21.4. The van der Waals surface area contributed by atoms with Crippen molar-refractivity contribution < 1.29 is 27.2 Å². The Hall–Kier alpha value is -1.84. The van der Waals surface area contributed by atoms with Crippen molar-refractivity contribution in [2.24, 2.45) is 0 Å². The van der Waals surface area contributed by atoms with Gasteiger partial charge in [0.05, 0.1) is 16.8 Å². The number of rotatable bonds is 3. The zero-order valence-electron chi connectivity index (χ0n) is 17.6. The summed E-state index contributed by atoms with van der Waals surface area (Å²) in [5.74, 6) is 0. The maximum atomic E-state index is 14.1. The standard InChI is InChI=1S/C21H26BF3N2O3/c1-19(2)20(3,4)30-22(29-19)18-16(14-10-6-5-7-11-14)17(21(23,24)25)26-27(18)15-12-8-9-13-28-15/h5-7,10-11,15H,8-9,12-13H2,1-4H3. The van der Waals surface area contributed by atoms with Crippen LogP contribution in [0.15, 0.2) is 30.3 Å². The third kappa shape index (κ3) is 3.67. The number of aromatic nitrogens is 2. The molecule has 0 aliphatic carbocycles. The highest BCUT2D eigenvalue weighted by Crippen LogP contribution is 2.41. The second kappa shape index (κ2) is 7.39. The summed E-state index contributed by atoms with van der Waals surface area (Å²) in [4.78, 5) is 0. The lowest BCUT2D eigenvalue weighted by Crippen LogP contribution is -2.43. The van der Waals surface area contributed by atoms with E-state index < -0.39 is 36.4 Å². The Bertz CT molecular complexity index is 890. The second-order valence-corrected chi connectivity index (χ2v) is 8.83. The number of benzene rings is 1. The predicted molar refractivity (Wildman–Crippen MR) is 107 cm³/mol. The van der Waals surface area contributed by atoms with E-state index in [2.05, 4.69) is 5.10 Å². The van der Waals surface area contributed by atoms with Crippen LogP contribution < -0.4 is 5.59 Å². The summed E-state index contributed by atoms with van der Waals surface area (Å²) in [5, 5.41) is 4.03. The van der Waals surface area contributed by atoms with Gasteiger partial charge in [-0.25, -0.2) is 4.68 Å². The predicted octanol–water partition coefficient (Wildman–Crippen LogP) is 4.57. The van der Waals surface area contributed by atoms with Crippen molar-refractivity contribution in [3.05, 3.63) is 36.0 Å². The molecule has 0 bridgehead atoms. The molecule has 1 aromatic heterocycles. The van der Waals surface area contributed by atoms with Crippen LogP contribution in [0.2, 0.25) is 0 Å². The smallest absolute Gasteiger partial charge is 0.398 e. The number of hydrogen-bond donors (Lipinski definition) is 0. The van der Waals surface area contributed by atoms with E-state index in [1.165, 1.54) is 4.68 Å². The van der Waals surface area contributed by atoms with E-state index >= 15 is 0 Å². The highest BCUT2D eigenvalue weighted by molar-refractivity contribution is 6.63. The third-order valence-electron chi connectivity index (χ3n) is 6.18. The molecule has 5 nitrogen and oxygen atoms in total. The van der Waals surface area contributed by atoms with Crippen molar-refractivity contribution in [3.8, 4) is 11.1 Å². The number of nitrogens with zero attached hydrogens (tertiary/aromatic N) is 2. The Balaban J connectivity index is 1.94. The van der Waals surface area contributed by atoms with Crippen LogP contribution in [0.3, 0.4) is 0 Å². The molecule has 1 unspecified atom stereocenters. The maximum Gasteiger partial charge on any atom is 0.514 e. The van der Waals surface area contributed by atoms with E-state index in [0.29, 0.717) is 18.6 Å². The average Bonchev–Trinajstić information content (AvgIpc) is 3.18. The molecule has 9 heteroatoms.